The fraction of sp³-hybridized carbons (Fsp3) is 0. The van der Waals surface area contributed by atoms with Gasteiger partial charge in [0.15, 0.2) is 0 Å². The van der Waals surface area contributed by atoms with Crippen molar-refractivity contribution in [3.8, 4) is 66.8 Å². The quantitative estimate of drug-likeness (QED) is 0.140. The van der Waals surface area contributed by atoms with Crippen molar-refractivity contribution in [3.63, 3.8) is 0 Å². The third-order valence-corrected chi connectivity index (χ3v) is 20.1. The summed E-state index contributed by atoms with van der Waals surface area (Å²) in [7, 11) is -27.0. The van der Waals surface area contributed by atoms with Crippen molar-refractivity contribution >= 4 is 60.7 Å². The molecule has 0 aromatic carbocycles. The Morgan fingerprint density at radius 3 is 0.312 bits per heavy atom. The van der Waals surface area contributed by atoms with Crippen molar-refractivity contribution in [1.82, 2.24) is 0 Å². The molecule has 0 heterocycles. The van der Waals surface area contributed by atoms with Gasteiger partial charge < -0.3 is 27.3 Å². The van der Waals surface area contributed by atoms with Gasteiger partial charge in [0.2, 0.25) is 0 Å². The molecule has 0 aromatic rings. The summed E-state index contributed by atoms with van der Waals surface area (Å²) >= 11 is 0. The van der Waals surface area contributed by atoms with Crippen molar-refractivity contribution in [2.75, 3.05) is 0 Å². The van der Waals surface area contributed by atoms with E-state index < -0.39 is 60.7 Å². The number of fused-ring (bicyclic) bond motifs is 6. The molecule has 0 fully saturated rings. The molecule has 0 amide bonds. The standard InChI is InChI=1S/6C14H12O3S.Cr/c6*15-18(16,17)14-11-7-3-5-9-12-8-4-1-2-6-10-13(12)14;/h6*1-11H,(H,15,16,17);/q;;;;;;+6/p-6. The first-order valence-electron chi connectivity index (χ1n) is 32.2. The first kappa shape index (κ1) is 87.0. The van der Waals surface area contributed by atoms with E-state index in [4.69, 9.17) is 0 Å². The zero-order valence-corrected chi connectivity index (χ0v) is 63.5. The Balaban J connectivity index is 0.000000204. The molecule has 25 heteroatoms. The first-order valence-corrected chi connectivity index (χ1v) is 40.6. The summed E-state index contributed by atoms with van der Waals surface area (Å²) in [5, 5.41) is 0. The monoisotopic (exact) mass is 1610 g/mol. The predicted molar refractivity (Wildman–Crippen MR) is 412 cm³/mol. The van der Waals surface area contributed by atoms with E-state index in [1.165, 1.54) is 72.8 Å². The second-order valence-corrected chi connectivity index (χ2v) is 30.3. The minimum atomic E-state index is -4.51. The van der Waals surface area contributed by atoms with Gasteiger partial charge in [0.05, 0.1) is 29.4 Å². The summed E-state index contributed by atoms with van der Waals surface area (Å²) in [6.07, 6.45) is 0. The van der Waals surface area contributed by atoms with Gasteiger partial charge in [-0.1, -0.05) is 364 Å². The van der Waals surface area contributed by atoms with Crippen molar-refractivity contribution in [2.45, 2.75) is 29.4 Å². The van der Waals surface area contributed by atoms with Gasteiger partial charge in [0.25, 0.3) is 0 Å². The molecule has 0 unspecified atom stereocenters. The number of hydrogen-bond acceptors (Lipinski definition) is 18. The van der Waals surface area contributed by atoms with E-state index in [9.17, 15) is 77.8 Å². The van der Waals surface area contributed by atoms with Crippen LogP contribution in [0.25, 0.3) is 66.8 Å². The maximum atomic E-state index is 11.3. The molecule has 0 saturated heterocycles. The van der Waals surface area contributed by atoms with E-state index in [1.54, 1.807) is 291 Å². The molecule has 12 aliphatic carbocycles. The number of rotatable bonds is 6. The molecule has 0 saturated carbocycles. The Hall–Kier alpha value is -10.9. The Labute approximate surface area is 647 Å². The van der Waals surface area contributed by atoms with Crippen LogP contribution in [0, 0.1) is 0 Å². The topological polar surface area (TPSA) is 343 Å². The van der Waals surface area contributed by atoms with Crippen LogP contribution < -0.4 is 0 Å². The van der Waals surface area contributed by atoms with Gasteiger partial charge in [-0.25, -0.2) is 50.5 Å². The Bertz CT molecular complexity index is 4980. The molecule has 552 valence electrons. The fourth-order valence-electron chi connectivity index (χ4n) is 10.0. The molecule has 0 radical (unpaired) electrons. The van der Waals surface area contributed by atoms with Crippen molar-refractivity contribution in [1.29, 1.82) is 0 Å². The molecule has 12 aliphatic rings. The van der Waals surface area contributed by atoms with E-state index in [0.29, 0.717) is 66.8 Å². The molecule has 0 spiro atoms. The van der Waals surface area contributed by atoms with Gasteiger partial charge in [-0.3, -0.25) is 0 Å². The van der Waals surface area contributed by atoms with Gasteiger partial charge in [0, 0.05) is 0 Å². The van der Waals surface area contributed by atoms with E-state index in [-0.39, 0.29) is 46.7 Å². The minimum absolute atomic E-state index is 0. The second kappa shape index (κ2) is 42.6. The summed E-state index contributed by atoms with van der Waals surface area (Å²) < 4.78 is 204. The van der Waals surface area contributed by atoms with Crippen molar-refractivity contribution in [3.05, 3.63) is 400 Å². The zero-order valence-electron chi connectivity index (χ0n) is 57.3. The van der Waals surface area contributed by atoms with Crippen molar-refractivity contribution < 1.29 is 95.2 Å². The third-order valence-electron chi connectivity index (χ3n) is 14.8. The van der Waals surface area contributed by atoms with Gasteiger partial charge >= 0.3 is 17.4 Å². The van der Waals surface area contributed by atoms with Crippen LogP contribution in [0.4, 0.5) is 0 Å². The van der Waals surface area contributed by atoms with Crippen LogP contribution in [0.3, 0.4) is 0 Å². The maximum absolute atomic E-state index is 11.3. The van der Waals surface area contributed by atoms with Crippen LogP contribution in [0.15, 0.2) is 430 Å². The summed E-state index contributed by atoms with van der Waals surface area (Å²) in [5.74, 6) is 0. The average Bonchev–Trinajstić information content (AvgIpc) is 0.860. The van der Waals surface area contributed by atoms with Gasteiger partial charge in [-0.15, -0.1) is 0 Å². The van der Waals surface area contributed by atoms with E-state index in [2.05, 4.69) is 0 Å². The molecule has 0 N–H and O–H groups in total. The largest absolute Gasteiger partial charge is 6.00 e. The van der Waals surface area contributed by atoms with E-state index in [0.717, 1.165) is 0 Å². The van der Waals surface area contributed by atoms with Crippen LogP contribution in [-0.4, -0.2) is 77.8 Å². The van der Waals surface area contributed by atoms with Crippen LogP contribution in [0.2, 0.25) is 0 Å². The Morgan fingerprint density at radius 1 is 0.128 bits per heavy atom. The third kappa shape index (κ3) is 28.6. The Morgan fingerprint density at radius 2 is 0.211 bits per heavy atom. The summed E-state index contributed by atoms with van der Waals surface area (Å²) in [6.45, 7) is 0. The fourth-order valence-corrected chi connectivity index (χ4v) is 14.2. The molecule has 0 aromatic heterocycles. The smallest absolute Gasteiger partial charge is 0.744 e. The van der Waals surface area contributed by atoms with E-state index >= 15 is 0 Å². The minimum Gasteiger partial charge on any atom is -0.744 e. The zero-order chi connectivity index (χ0) is 78.1. The molecule has 109 heavy (non-hydrogen) atoms. The summed E-state index contributed by atoms with van der Waals surface area (Å²) in [5.41, 5.74) is 6.57. The molecule has 0 bridgehead atoms. The van der Waals surface area contributed by atoms with Crippen molar-refractivity contribution in [2.24, 2.45) is 0 Å². The van der Waals surface area contributed by atoms with Crippen LogP contribution >= 0.6 is 0 Å². The molecule has 12 rings (SSSR count). The molecule has 18 nitrogen and oxygen atoms in total. The molecule has 0 atom stereocenters. The molecular weight excluding hydrogens is 1540 g/mol. The Kier molecular flexibility index (Phi) is 34.0. The van der Waals surface area contributed by atoms with Crippen LogP contribution in [0.5, 0.6) is 0 Å². The van der Waals surface area contributed by atoms with Gasteiger partial charge in [-0.2, -0.15) is 0 Å². The second-order valence-electron chi connectivity index (χ2n) is 22.2. The first-order chi connectivity index (χ1) is 51.5. The van der Waals surface area contributed by atoms with Crippen LogP contribution in [0.1, 0.15) is 0 Å². The van der Waals surface area contributed by atoms with Gasteiger partial charge in [0.1, 0.15) is 60.7 Å². The molecular formula is C84H66CrO18S6. The maximum Gasteiger partial charge on any atom is 6.00 e. The van der Waals surface area contributed by atoms with Crippen LogP contribution in [-0.2, 0) is 78.1 Å². The predicted octanol–water partition coefficient (Wildman–Crippen LogP) is 16.9. The molecule has 0 aliphatic heterocycles. The summed E-state index contributed by atoms with van der Waals surface area (Å²) in [6, 6.07) is 112. The SMILES string of the molecule is O=S(=O)([O-])c1cccccc2ccccccc1-2.O=S(=O)([O-])c1cccccc2ccccccc1-2.O=S(=O)([O-])c1cccccc2ccccccc1-2.O=S(=O)([O-])c1cccccc2ccccccc1-2.O=S(=O)([O-])c1cccccc2ccccccc1-2.O=S(=O)([O-])c1cccccc2ccccccc1-2.[Cr+6]. The average molecular weight is 1610 g/mol. The van der Waals surface area contributed by atoms with E-state index in [1.807, 2.05) is 36.4 Å². The summed E-state index contributed by atoms with van der Waals surface area (Å²) in [4.78, 5) is -1.28. The normalized spacial score (nSPS) is 10.8. The van der Waals surface area contributed by atoms with Gasteiger partial charge in [-0.05, 0) is 103 Å². The number of hydrogen-bond donors (Lipinski definition) is 0.